The lowest BCUT2D eigenvalue weighted by Crippen LogP contribution is -2.53. The lowest BCUT2D eigenvalue weighted by Gasteiger charge is -2.41. The molecule has 0 bridgehead atoms. The number of benzene rings is 1. The van der Waals surface area contributed by atoms with Crippen molar-refractivity contribution >= 4 is 6.03 Å². The minimum absolute atomic E-state index is 0.0319. The van der Waals surface area contributed by atoms with Gasteiger partial charge in [0.2, 0.25) is 0 Å². The van der Waals surface area contributed by atoms with Gasteiger partial charge in [0, 0.05) is 45.3 Å². The minimum atomic E-state index is -1.43. The lowest BCUT2D eigenvalue weighted by molar-refractivity contribution is 0.0208. The Morgan fingerprint density at radius 2 is 1.91 bits per heavy atom. The standard InChI is InChI=1S/C28H46FN3O2/c1-30-21-26(20-23-12-5-3-6-13-23)31-27(33)32-18-11-16-25(22-32)28(29,17-9-10-19-34-2)24-14-7-4-8-15-24/h4,7-8,14-15,23,25-26,30H,3,5-6,9-13,16-22H2,1-2H3,(H,31,33)/t25-,26?,28-/m1/s1. The molecular formula is C28H46FN3O2. The molecule has 1 heterocycles. The van der Waals surface area contributed by atoms with Crippen LogP contribution in [0, 0.1) is 11.8 Å². The third kappa shape index (κ3) is 7.67. The van der Waals surface area contributed by atoms with Gasteiger partial charge in [-0.15, -0.1) is 0 Å². The van der Waals surface area contributed by atoms with Crippen LogP contribution in [0.3, 0.4) is 0 Å². The van der Waals surface area contributed by atoms with Crippen LogP contribution in [0.1, 0.15) is 76.2 Å². The van der Waals surface area contributed by atoms with Crippen molar-refractivity contribution in [1.82, 2.24) is 15.5 Å². The maximum absolute atomic E-state index is 16.8. The lowest BCUT2D eigenvalue weighted by atomic mass is 9.75. The van der Waals surface area contributed by atoms with Gasteiger partial charge in [0.1, 0.15) is 5.67 Å². The van der Waals surface area contributed by atoms with E-state index >= 15 is 4.39 Å². The Hall–Kier alpha value is -1.66. The van der Waals surface area contributed by atoms with Crippen LogP contribution in [-0.2, 0) is 10.4 Å². The number of rotatable bonds is 12. The van der Waals surface area contributed by atoms with E-state index in [4.69, 9.17) is 4.74 Å². The van der Waals surface area contributed by atoms with Crippen LogP contribution in [-0.4, -0.2) is 57.4 Å². The molecule has 0 radical (unpaired) electrons. The van der Waals surface area contributed by atoms with Crippen LogP contribution < -0.4 is 10.6 Å². The molecule has 6 heteroatoms. The summed E-state index contributed by atoms with van der Waals surface area (Å²) in [5, 5.41) is 6.54. The number of alkyl halides is 1. The van der Waals surface area contributed by atoms with Gasteiger partial charge in [-0.1, -0.05) is 62.4 Å². The summed E-state index contributed by atoms with van der Waals surface area (Å²) in [7, 11) is 3.63. The van der Waals surface area contributed by atoms with Crippen molar-refractivity contribution in [3.63, 3.8) is 0 Å². The predicted octanol–water partition coefficient (Wildman–Crippen LogP) is 5.65. The van der Waals surface area contributed by atoms with Crippen molar-refractivity contribution in [3.05, 3.63) is 35.9 Å². The fraction of sp³-hybridized carbons (Fsp3) is 0.750. The first-order valence-electron chi connectivity index (χ1n) is 13.5. The van der Waals surface area contributed by atoms with E-state index in [9.17, 15) is 4.79 Å². The number of carbonyl (C=O) groups excluding carboxylic acids is 1. The number of piperidine rings is 1. The first kappa shape index (κ1) is 26.9. The Kier molecular flexibility index (Phi) is 11.1. The summed E-state index contributed by atoms with van der Waals surface area (Å²) in [5.41, 5.74) is -0.689. The maximum Gasteiger partial charge on any atom is 0.317 e. The van der Waals surface area contributed by atoms with Gasteiger partial charge >= 0.3 is 6.03 Å². The van der Waals surface area contributed by atoms with Gasteiger partial charge in [0.15, 0.2) is 0 Å². The van der Waals surface area contributed by atoms with Gasteiger partial charge in [-0.25, -0.2) is 9.18 Å². The van der Waals surface area contributed by atoms with Gasteiger partial charge in [-0.05, 0) is 57.1 Å². The summed E-state index contributed by atoms with van der Waals surface area (Å²) in [6.07, 6.45) is 11.3. The fourth-order valence-electron chi connectivity index (χ4n) is 5.99. The van der Waals surface area contributed by atoms with Crippen LogP contribution in [0.2, 0.25) is 0 Å². The molecule has 2 N–H and O–H groups in total. The molecule has 1 aliphatic carbocycles. The number of urea groups is 1. The number of nitrogens with one attached hydrogen (secondary N) is 2. The van der Waals surface area contributed by atoms with Crippen molar-refractivity contribution in [3.8, 4) is 0 Å². The summed E-state index contributed by atoms with van der Waals surface area (Å²) in [6, 6.07) is 9.67. The molecule has 1 saturated heterocycles. The Balaban J connectivity index is 1.64. The Labute approximate surface area is 206 Å². The molecule has 192 valence electrons. The molecule has 34 heavy (non-hydrogen) atoms. The third-order valence-corrected chi connectivity index (χ3v) is 7.87. The Bertz CT molecular complexity index is 713. The number of likely N-dealkylation sites (tertiary alicyclic amines) is 1. The average molecular weight is 476 g/mol. The Morgan fingerprint density at radius 3 is 2.62 bits per heavy atom. The topological polar surface area (TPSA) is 53.6 Å². The monoisotopic (exact) mass is 475 g/mol. The molecule has 1 aliphatic heterocycles. The predicted molar refractivity (Wildman–Crippen MR) is 137 cm³/mol. The van der Waals surface area contributed by atoms with Crippen LogP contribution in [0.15, 0.2) is 30.3 Å². The molecule has 5 nitrogen and oxygen atoms in total. The van der Waals surface area contributed by atoms with Gasteiger partial charge in [-0.2, -0.15) is 0 Å². The van der Waals surface area contributed by atoms with Crippen LogP contribution in [0.25, 0.3) is 0 Å². The summed E-state index contributed by atoms with van der Waals surface area (Å²) in [4.78, 5) is 15.1. The fourth-order valence-corrected chi connectivity index (χ4v) is 5.99. The summed E-state index contributed by atoms with van der Waals surface area (Å²) in [6.45, 7) is 2.60. The zero-order chi connectivity index (χ0) is 24.2. The molecule has 1 aromatic rings. The van der Waals surface area contributed by atoms with Crippen molar-refractivity contribution in [2.45, 2.75) is 82.3 Å². The molecule has 1 saturated carbocycles. The van der Waals surface area contributed by atoms with Crippen LogP contribution in [0.5, 0.6) is 0 Å². The van der Waals surface area contributed by atoms with Gasteiger partial charge < -0.3 is 20.3 Å². The molecule has 1 aromatic carbocycles. The molecular weight excluding hydrogens is 429 g/mol. The van der Waals surface area contributed by atoms with Crippen LogP contribution >= 0.6 is 0 Å². The highest BCUT2D eigenvalue weighted by atomic mass is 19.1. The summed E-state index contributed by atoms with van der Waals surface area (Å²) in [5.74, 6) is 0.503. The molecule has 0 aromatic heterocycles. The van der Waals surface area contributed by atoms with E-state index in [-0.39, 0.29) is 18.0 Å². The van der Waals surface area contributed by atoms with Gasteiger partial charge in [0.25, 0.3) is 0 Å². The van der Waals surface area contributed by atoms with Crippen molar-refractivity contribution in [1.29, 1.82) is 0 Å². The zero-order valence-corrected chi connectivity index (χ0v) is 21.4. The molecule has 1 unspecified atom stereocenters. The number of halogens is 1. The molecule has 2 amide bonds. The van der Waals surface area contributed by atoms with Crippen molar-refractivity contribution in [2.75, 3.05) is 40.4 Å². The molecule has 2 fully saturated rings. The van der Waals surface area contributed by atoms with E-state index in [1.165, 1.54) is 32.1 Å². The second kappa shape index (κ2) is 14.0. The number of hydrogen-bond acceptors (Lipinski definition) is 3. The van der Waals surface area contributed by atoms with E-state index in [2.05, 4.69) is 10.6 Å². The molecule has 2 aliphatic rings. The number of hydrogen-bond donors (Lipinski definition) is 2. The SMILES string of the molecule is CNCC(CC1CCCCC1)NC(=O)N1CCC[C@@H]([C@@](F)(CCCCOC)c2ccccc2)C1. The number of likely N-dealkylation sites (N-methyl/N-ethyl adjacent to an activating group) is 1. The number of carbonyl (C=O) groups is 1. The molecule has 3 atom stereocenters. The second-order valence-electron chi connectivity index (χ2n) is 10.4. The van der Waals surface area contributed by atoms with Crippen molar-refractivity contribution in [2.24, 2.45) is 11.8 Å². The van der Waals surface area contributed by atoms with E-state index in [0.717, 1.165) is 44.2 Å². The average Bonchev–Trinajstić information content (AvgIpc) is 2.88. The minimum Gasteiger partial charge on any atom is -0.385 e. The molecule has 0 spiro atoms. The first-order chi connectivity index (χ1) is 16.6. The highest BCUT2D eigenvalue weighted by molar-refractivity contribution is 5.74. The Morgan fingerprint density at radius 1 is 1.15 bits per heavy atom. The maximum atomic E-state index is 16.8. The van der Waals surface area contributed by atoms with E-state index in [1.807, 2.05) is 42.3 Å². The number of unbranched alkanes of at least 4 members (excludes halogenated alkanes) is 1. The first-order valence-corrected chi connectivity index (χ1v) is 13.5. The van der Waals surface area contributed by atoms with Crippen molar-refractivity contribution < 1.29 is 13.9 Å². The largest absolute Gasteiger partial charge is 0.385 e. The third-order valence-electron chi connectivity index (χ3n) is 7.87. The van der Waals surface area contributed by atoms with E-state index in [1.54, 1.807) is 7.11 Å². The molecule has 3 rings (SSSR count). The zero-order valence-electron chi connectivity index (χ0n) is 21.4. The summed E-state index contributed by atoms with van der Waals surface area (Å²) < 4.78 is 21.9. The smallest absolute Gasteiger partial charge is 0.317 e. The second-order valence-corrected chi connectivity index (χ2v) is 10.4. The number of nitrogens with zero attached hydrogens (tertiary/aromatic N) is 1. The number of methoxy groups -OCH3 is 1. The highest BCUT2D eigenvalue weighted by Crippen LogP contribution is 2.43. The van der Waals surface area contributed by atoms with Crippen LogP contribution in [0.4, 0.5) is 9.18 Å². The van der Waals surface area contributed by atoms with E-state index in [0.29, 0.717) is 32.0 Å². The number of amides is 2. The highest BCUT2D eigenvalue weighted by Gasteiger charge is 2.43. The number of ether oxygens (including phenoxy) is 1. The normalized spacial score (nSPS) is 22.2. The summed E-state index contributed by atoms with van der Waals surface area (Å²) >= 11 is 0. The van der Waals surface area contributed by atoms with E-state index < -0.39 is 5.67 Å². The van der Waals surface area contributed by atoms with Gasteiger partial charge in [-0.3, -0.25) is 0 Å². The van der Waals surface area contributed by atoms with Gasteiger partial charge in [0.05, 0.1) is 0 Å². The quantitative estimate of drug-likeness (QED) is 0.384.